The fourth-order valence-electron chi connectivity index (χ4n) is 2.88. The van der Waals surface area contributed by atoms with Crippen molar-refractivity contribution in [1.29, 1.82) is 0 Å². The van der Waals surface area contributed by atoms with Crippen LogP contribution in [0.2, 0.25) is 0 Å². The molecule has 0 aliphatic heterocycles. The summed E-state index contributed by atoms with van der Waals surface area (Å²) in [5.74, 6) is 0.200. The number of aromatic hydroxyl groups is 1. The summed E-state index contributed by atoms with van der Waals surface area (Å²) in [6, 6.07) is 13.4. The standard InChI is InChI=1S/C20H18N8O4/c1-2-31-15-8-6-13(7-9-15)17-16(23-27-28(17)19-18(21)25-32-26-19)20(30)24-22-11-12-4-3-5-14(29)10-12/h3-11,29H,2H2,1H3,(H2,21,25)(H,24,30). The van der Waals surface area contributed by atoms with Crippen LogP contribution in [0.4, 0.5) is 5.82 Å². The third-order valence-electron chi connectivity index (χ3n) is 4.27. The number of hydrazone groups is 1. The number of nitrogens with zero attached hydrogens (tertiary/aromatic N) is 6. The maximum Gasteiger partial charge on any atom is 0.294 e. The van der Waals surface area contributed by atoms with Gasteiger partial charge in [-0.1, -0.05) is 17.3 Å². The van der Waals surface area contributed by atoms with Gasteiger partial charge in [-0.3, -0.25) is 4.79 Å². The van der Waals surface area contributed by atoms with Gasteiger partial charge >= 0.3 is 0 Å². The number of carbonyl (C=O) groups excluding carboxylic acids is 1. The minimum absolute atomic E-state index is 0.0176. The Morgan fingerprint density at radius 1 is 1.28 bits per heavy atom. The molecule has 0 spiro atoms. The Morgan fingerprint density at radius 3 is 2.78 bits per heavy atom. The lowest BCUT2D eigenvalue weighted by Gasteiger charge is -2.07. The normalized spacial score (nSPS) is 11.0. The summed E-state index contributed by atoms with van der Waals surface area (Å²) < 4.78 is 11.4. The Kier molecular flexibility index (Phi) is 5.74. The minimum atomic E-state index is -0.619. The number of carbonyl (C=O) groups is 1. The largest absolute Gasteiger partial charge is 0.508 e. The predicted octanol–water partition coefficient (Wildman–Crippen LogP) is 1.77. The smallest absolute Gasteiger partial charge is 0.294 e. The first-order chi connectivity index (χ1) is 15.6. The van der Waals surface area contributed by atoms with Gasteiger partial charge in [0, 0.05) is 5.56 Å². The Hall–Kier alpha value is -4.74. The molecule has 0 bridgehead atoms. The lowest BCUT2D eigenvalue weighted by molar-refractivity contribution is 0.0950. The van der Waals surface area contributed by atoms with E-state index >= 15 is 0 Å². The molecule has 0 atom stereocenters. The fraction of sp³-hybridized carbons (Fsp3) is 0.100. The second-order valence-electron chi connectivity index (χ2n) is 6.42. The molecule has 162 valence electrons. The Labute approximate surface area is 181 Å². The molecule has 1 amide bonds. The summed E-state index contributed by atoms with van der Waals surface area (Å²) in [6.07, 6.45) is 1.39. The summed E-state index contributed by atoms with van der Waals surface area (Å²) in [5.41, 5.74) is 9.69. The van der Waals surface area contributed by atoms with Crippen molar-refractivity contribution in [2.24, 2.45) is 5.10 Å². The lowest BCUT2D eigenvalue weighted by Crippen LogP contribution is -2.19. The molecule has 12 nitrogen and oxygen atoms in total. The number of benzene rings is 2. The first-order valence-electron chi connectivity index (χ1n) is 9.46. The fourth-order valence-corrected chi connectivity index (χ4v) is 2.88. The van der Waals surface area contributed by atoms with E-state index in [1.54, 1.807) is 36.4 Å². The summed E-state index contributed by atoms with van der Waals surface area (Å²) in [6.45, 7) is 2.40. The average Bonchev–Trinajstić information content (AvgIpc) is 3.40. The van der Waals surface area contributed by atoms with Gasteiger partial charge in [0.25, 0.3) is 5.91 Å². The summed E-state index contributed by atoms with van der Waals surface area (Å²) >= 11 is 0. The Bertz CT molecular complexity index is 1260. The van der Waals surface area contributed by atoms with E-state index in [9.17, 15) is 9.90 Å². The van der Waals surface area contributed by atoms with E-state index in [0.29, 0.717) is 29.2 Å². The zero-order valence-corrected chi connectivity index (χ0v) is 16.8. The highest BCUT2D eigenvalue weighted by atomic mass is 16.6. The Balaban J connectivity index is 1.68. The minimum Gasteiger partial charge on any atom is -0.508 e. The molecular formula is C20H18N8O4. The first kappa shape index (κ1) is 20.5. The molecule has 2 aromatic carbocycles. The molecule has 0 radical (unpaired) electrons. The van der Waals surface area contributed by atoms with Gasteiger partial charge in [0.05, 0.1) is 12.8 Å². The first-order valence-corrected chi connectivity index (χ1v) is 9.46. The van der Waals surface area contributed by atoms with Gasteiger partial charge in [0.1, 0.15) is 17.2 Å². The second kappa shape index (κ2) is 8.95. The number of nitrogen functional groups attached to an aromatic ring is 1. The molecule has 12 heteroatoms. The van der Waals surface area contributed by atoms with E-state index in [1.165, 1.54) is 23.0 Å². The molecular weight excluding hydrogens is 416 g/mol. The number of phenols is 1. The van der Waals surface area contributed by atoms with Crippen LogP contribution in [0.3, 0.4) is 0 Å². The monoisotopic (exact) mass is 434 g/mol. The van der Waals surface area contributed by atoms with Gasteiger partial charge in [-0.15, -0.1) is 5.10 Å². The SMILES string of the molecule is CCOc1ccc(-c2c(C(=O)NN=Cc3cccc(O)c3)nnn2-c2nonc2N)cc1. The number of phenolic OH excluding ortho intramolecular Hbond substituents is 1. The van der Waals surface area contributed by atoms with Crippen LogP contribution in [-0.4, -0.2) is 49.1 Å². The zero-order valence-electron chi connectivity index (χ0n) is 16.8. The van der Waals surface area contributed by atoms with Crippen LogP contribution in [0.1, 0.15) is 23.0 Å². The van der Waals surface area contributed by atoms with Crippen LogP contribution < -0.4 is 15.9 Å². The topological polar surface area (TPSA) is 167 Å². The highest BCUT2D eigenvalue weighted by Gasteiger charge is 2.25. The van der Waals surface area contributed by atoms with Crippen LogP contribution in [0.15, 0.2) is 58.3 Å². The van der Waals surface area contributed by atoms with E-state index < -0.39 is 5.91 Å². The maximum absolute atomic E-state index is 12.8. The van der Waals surface area contributed by atoms with Crippen molar-refractivity contribution in [3.63, 3.8) is 0 Å². The van der Waals surface area contributed by atoms with Gasteiger partial charge in [-0.2, -0.15) is 9.78 Å². The average molecular weight is 434 g/mol. The van der Waals surface area contributed by atoms with Crippen LogP contribution >= 0.6 is 0 Å². The van der Waals surface area contributed by atoms with Crippen LogP contribution in [0.5, 0.6) is 11.5 Å². The van der Waals surface area contributed by atoms with Crippen LogP contribution in [-0.2, 0) is 0 Å². The predicted molar refractivity (Wildman–Crippen MR) is 113 cm³/mol. The van der Waals surface area contributed by atoms with E-state index in [4.69, 9.17) is 10.5 Å². The maximum atomic E-state index is 12.8. The molecule has 0 unspecified atom stereocenters. The van der Waals surface area contributed by atoms with Crippen molar-refractivity contribution in [3.05, 3.63) is 59.8 Å². The van der Waals surface area contributed by atoms with E-state index in [2.05, 4.69) is 35.8 Å². The summed E-state index contributed by atoms with van der Waals surface area (Å²) in [5, 5.41) is 28.7. The quantitative estimate of drug-likeness (QED) is 0.290. The van der Waals surface area contributed by atoms with Gasteiger partial charge in [0.15, 0.2) is 5.69 Å². The van der Waals surface area contributed by atoms with E-state index in [1.807, 2.05) is 6.92 Å². The van der Waals surface area contributed by atoms with Crippen molar-refractivity contribution < 1.29 is 19.3 Å². The number of aromatic nitrogens is 5. The van der Waals surface area contributed by atoms with Gasteiger partial charge in [-0.25, -0.2) is 10.1 Å². The number of rotatable bonds is 7. The van der Waals surface area contributed by atoms with Gasteiger partial charge in [-0.05, 0) is 59.2 Å². The molecule has 0 saturated carbocycles. The third kappa shape index (κ3) is 4.23. The molecule has 2 heterocycles. The molecule has 4 rings (SSSR count). The van der Waals surface area contributed by atoms with Crippen molar-refractivity contribution >= 4 is 17.9 Å². The molecule has 0 aliphatic carbocycles. The van der Waals surface area contributed by atoms with Gasteiger partial charge in [0.2, 0.25) is 11.6 Å². The zero-order chi connectivity index (χ0) is 22.5. The third-order valence-corrected chi connectivity index (χ3v) is 4.27. The number of nitrogens with two attached hydrogens (primary N) is 1. The molecule has 4 N–H and O–H groups in total. The molecule has 2 aromatic heterocycles. The number of amides is 1. The van der Waals surface area contributed by atoms with Crippen LogP contribution in [0, 0.1) is 0 Å². The second-order valence-corrected chi connectivity index (χ2v) is 6.42. The van der Waals surface area contributed by atoms with Crippen molar-refractivity contribution in [2.75, 3.05) is 12.3 Å². The highest BCUT2D eigenvalue weighted by Crippen LogP contribution is 2.28. The van der Waals surface area contributed by atoms with E-state index in [0.717, 1.165) is 0 Å². The van der Waals surface area contributed by atoms with E-state index in [-0.39, 0.29) is 23.1 Å². The van der Waals surface area contributed by atoms with Crippen molar-refractivity contribution in [3.8, 4) is 28.6 Å². The number of nitrogens with one attached hydrogen (secondary N) is 1. The number of ether oxygens (including phenoxy) is 1. The molecule has 0 aliphatic rings. The number of hydrogen-bond acceptors (Lipinski definition) is 10. The summed E-state index contributed by atoms with van der Waals surface area (Å²) in [4.78, 5) is 12.8. The molecule has 0 saturated heterocycles. The molecule has 0 fully saturated rings. The highest BCUT2D eigenvalue weighted by molar-refractivity contribution is 5.98. The number of anilines is 1. The molecule has 4 aromatic rings. The molecule has 32 heavy (non-hydrogen) atoms. The summed E-state index contributed by atoms with van der Waals surface area (Å²) in [7, 11) is 0. The lowest BCUT2D eigenvalue weighted by atomic mass is 10.1. The van der Waals surface area contributed by atoms with Crippen molar-refractivity contribution in [1.82, 2.24) is 30.7 Å². The number of hydrogen-bond donors (Lipinski definition) is 3. The van der Waals surface area contributed by atoms with Crippen LogP contribution in [0.25, 0.3) is 17.1 Å². The van der Waals surface area contributed by atoms with Crippen molar-refractivity contribution in [2.45, 2.75) is 6.92 Å². The Morgan fingerprint density at radius 2 is 2.09 bits per heavy atom. The van der Waals surface area contributed by atoms with Gasteiger partial charge < -0.3 is 15.6 Å².